The molecule has 26 valence electrons. The highest BCUT2D eigenvalue weighted by Gasteiger charge is 1.55. The van der Waals surface area contributed by atoms with Gasteiger partial charge in [0, 0.05) is 0 Å². The average Bonchev–Trinajstić information content (AvgIpc) is 1.37. The molecule has 0 N–H and O–H groups in total. The molecule has 0 aromatic rings. The Morgan fingerprint density at radius 2 is 2.25 bits per heavy atom. The minimum absolute atomic E-state index is 0.838. The van der Waals surface area contributed by atoms with Crippen molar-refractivity contribution in [1.29, 1.82) is 0 Å². The zero-order valence-corrected chi connectivity index (χ0v) is 5.80. The van der Waals surface area contributed by atoms with Gasteiger partial charge in [-0.3, -0.25) is 0 Å². The van der Waals surface area contributed by atoms with Crippen LogP contribution in [0.25, 0.3) is 0 Å². The van der Waals surface area contributed by atoms with Crippen LogP contribution in [-0.4, -0.2) is 0 Å². The predicted octanol–water partition coefficient (Wildman–Crippen LogP) is 1.95. The molecule has 0 nitrogen and oxygen atoms in total. The first-order chi connectivity index (χ1) is 1.91. The molecule has 0 saturated heterocycles. The summed E-state index contributed by atoms with van der Waals surface area (Å²) in [5.74, 6) is 0. The van der Waals surface area contributed by atoms with Crippen molar-refractivity contribution in [3.63, 3.8) is 0 Å². The lowest BCUT2D eigenvalue weighted by Gasteiger charge is -1.68. The minimum Gasteiger partial charge on any atom is -0.107 e. The van der Waals surface area contributed by atoms with E-state index in [1.807, 2.05) is 0 Å². The molecular formula is H4P2S2. The van der Waals surface area contributed by atoms with Crippen molar-refractivity contribution in [3.05, 3.63) is 0 Å². The second-order valence-corrected chi connectivity index (χ2v) is 5.65. The smallest absolute Gasteiger partial charge is 0.0309 e. The summed E-state index contributed by atoms with van der Waals surface area (Å²) in [6, 6.07) is 0. The van der Waals surface area contributed by atoms with Crippen molar-refractivity contribution < 1.29 is 0 Å². The van der Waals surface area contributed by atoms with Gasteiger partial charge in [-0.15, -0.1) is 20.6 Å². The molecule has 0 fully saturated rings. The van der Waals surface area contributed by atoms with Crippen LogP contribution in [0.3, 0.4) is 0 Å². The molecule has 0 rings (SSSR count). The van der Waals surface area contributed by atoms with Gasteiger partial charge in [-0.1, -0.05) is 10.4 Å². The third-order valence-corrected chi connectivity index (χ3v) is 4.27. The summed E-state index contributed by atoms with van der Waals surface area (Å²) >= 11 is 3.83. The molecule has 0 aromatic carbocycles. The Morgan fingerprint density at radius 3 is 2.25 bits per heavy atom. The highest BCUT2D eigenvalue weighted by Crippen LogP contribution is 2.38. The van der Waals surface area contributed by atoms with E-state index in [-0.39, 0.29) is 0 Å². The van der Waals surface area contributed by atoms with Gasteiger partial charge in [0.2, 0.25) is 0 Å². The van der Waals surface area contributed by atoms with E-state index in [0.29, 0.717) is 0 Å². The second-order valence-electron chi connectivity index (χ2n) is 0.209. The maximum atomic E-state index is 3.83. The molecule has 0 spiro atoms. The molecule has 4 heteroatoms. The maximum absolute atomic E-state index is 3.83. The van der Waals surface area contributed by atoms with Crippen molar-refractivity contribution >= 4 is 38.5 Å². The summed E-state index contributed by atoms with van der Waals surface area (Å²) in [6.45, 7) is 0. The summed E-state index contributed by atoms with van der Waals surface area (Å²) in [5.41, 5.74) is 0. The Kier molecular flexibility index (Phi) is 6.34. The second kappa shape index (κ2) is 4.56. The molecule has 0 bridgehead atoms. The van der Waals surface area contributed by atoms with Gasteiger partial charge in [-0.2, -0.15) is 0 Å². The fourth-order valence-electron chi connectivity index (χ4n) is 0. The van der Waals surface area contributed by atoms with Crippen LogP contribution in [0.5, 0.6) is 0 Å². The molecule has 0 radical (unpaired) electrons. The normalized spacial score (nSPS) is 10.5. The van der Waals surface area contributed by atoms with E-state index in [0.717, 1.165) is 7.47 Å². The quantitative estimate of drug-likeness (QED) is 0.321. The van der Waals surface area contributed by atoms with Crippen LogP contribution in [0.1, 0.15) is 0 Å². The number of rotatable bonds is 1. The number of hydrogen-bond acceptors (Lipinski definition) is 2. The molecule has 0 saturated carbocycles. The molecule has 0 aliphatic rings. The first-order valence-electron chi connectivity index (χ1n) is 0.675. The first kappa shape index (κ1) is 5.56. The van der Waals surface area contributed by atoms with Gasteiger partial charge in [-0.05, 0) is 7.47 Å². The molecule has 0 aliphatic heterocycles. The van der Waals surface area contributed by atoms with E-state index in [9.17, 15) is 0 Å². The molecule has 2 unspecified atom stereocenters. The van der Waals surface area contributed by atoms with Gasteiger partial charge in [0.15, 0.2) is 0 Å². The van der Waals surface area contributed by atoms with Gasteiger partial charge >= 0.3 is 0 Å². The first-order valence-corrected chi connectivity index (χ1v) is 6.08. The van der Waals surface area contributed by atoms with Gasteiger partial charge in [0.1, 0.15) is 0 Å². The van der Waals surface area contributed by atoms with Crippen molar-refractivity contribution in [2.75, 3.05) is 0 Å². The number of hydrogen-bond donors (Lipinski definition) is 1. The van der Waals surface area contributed by atoms with Crippen LogP contribution in [0.4, 0.5) is 0 Å². The van der Waals surface area contributed by atoms with Crippen LogP contribution in [-0.2, 0) is 0 Å². The van der Waals surface area contributed by atoms with E-state index >= 15 is 0 Å². The van der Waals surface area contributed by atoms with Crippen molar-refractivity contribution in [2.45, 2.75) is 0 Å². The lowest BCUT2D eigenvalue weighted by atomic mass is 29.7. The predicted molar refractivity (Wildman–Crippen MR) is 34.6 cm³/mol. The van der Waals surface area contributed by atoms with E-state index in [1.165, 1.54) is 0 Å². The van der Waals surface area contributed by atoms with Gasteiger partial charge in [0.05, 0.1) is 0 Å². The Bertz CT molecular complexity index is 6.00. The summed E-state index contributed by atoms with van der Waals surface area (Å²) in [6.07, 6.45) is 0. The average molecular weight is 130 g/mol. The van der Waals surface area contributed by atoms with E-state index in [4.69, 9.17) is 0 Å². The summed E-state index contributed by atoms with van der Waals surface area (Å²) in [4.78, 5) is 0. The van der Waals surface area contributed by atoms with Gasteiger partial charge in [-0.25, -0.2) is 0 Å². The van der Waals surface area contributed by atoms with Crippen LogP contribution >= 0.6 is 38.5 Å². The third kappa shape index (κ3) is 3.56. The van der Waals surface area contributed by atoms with Gasteiger partial charge in [0.25, 0.3) is 0 Å². The Hall–Kier alpha value is 1.56. The SMILES string of the molecule is PPSS. The zero-order chi connectivity index (χ0) is 3.41. The maximum Gasteiger partial charge on any atom is -0.0309 e. The zero-order valence-electron chi connectivity index (χ0n) is 1.93. The van der Waals surface area contributed by atoms with Crippen LogP contribution < -0.4 is 0 Å². The Balaban J connectivity index is 1.97. The van der Waals surface area contributed by atoms with E-state index < -0.39 is 0 Å². The van der Waals surface area contributed by atoms with Crippen LogP contribution in [0, 0.1) is 0 Å². The van der Waals surface area contributed by atoms with Crippen LogP contribution in [0.15, 0.2) is 0 Å². The molecule has 0 aromatic heterocycles. The topological polar surface area (TPSA) is 0 Å². The third-order valence-electron chi connectivity index (χ3n) is 0.0527. The summed E-state index contributed by atoms with van der Waals surface area (Å²) in [5, 5.41) is 0. The molecule has 4 heavy (non-hydrogen) atoms. The van der Waals surface area contributed by atoms with E-state index in [1.54, 1.807) is 10.4 Å². The van der Waals surface area contributed by atoms with Crippen molar-refractivity contribution in [1.82, 2.24) is 0 Å². The molecule has 0 heterocycles. The Labute approximate surface area is 38.9 Å². The molecule has 2 atom stereocenters. The number of thiol groups is 1. The molecule has 0 aliphatic carbocycles. The highest BCUT2D eigenvalue weighted by atomic mass is 33.4. The summed E-state index contributed by atoms with van der Waals surface area (Å²) < 4.78 is 0. The van der Waals surface area contributed by atoms with E-state index in [2.05, 4.69) is 20.6 Å². The lowest BCUT2D eigenvalue weighted by molar-refractivity contribution is 5.55. The molecular weight excluding hydrogens is 126 g/mol. The Morgan fingerprint density at radius 1 is 2.00 bits per heavy atom. The standard InChI is InChI=1S/H4P2S2/c1-2-4-3/h2-3H,1H2. The minimum atomic E-state index is 0.838. The molecule has 0 amide bonds. The van der Waals surface area contributed by atoms with Crippen molar-refractivity contribution in [3.8, 4) is 0 Å². The summed E-state index contributed by atoms with van der Waals surface area (Å²) in [7, 11) is 4.95. The lowest BCUT2D eigenvalue weighted by Crippen LogP contribution is -0.872. The van der Waals surface area contributed by atoms with Gasteiger partial charge < -0.3 is 0 Å². The fraction of sp³-hybridized carbons (Fsp3) is 0. The van der Waals surface area contributed by atoms with Crippen LogP contribution in [0.2, 0.25) is 0 Å². The largest absolute Gasteiger partial charge is 0.107 e. The van der Waals surface area contributed by atoms with Crippen molar-refractivity contribution in [2.24, 2.45) is 0 Å². The fourth-order valence-corrected chi connectivity index (χ4v) is 0. The monoisotopic (exact) mass is 130 g/mol. The highest BCUT2D eigenvalue weighted by molar-refractivity contribution is 8.96.